The van der Waals surface area contributed by atoms with Crippen molar-refractivity contribution in [2.75, 3.05) is 31.6 Å². The minimum absolute atomic E-state index is 0.186. The molecule has 0 unspecified atom stereocenters. The maximum atomic E-state index is 11.0. The van der Waals surface area contributed by atoms with E-state index in [0.717, 1.165) is 25.9 Å². The number of hydrogen-bond acceptors (Lipinski definition) is 3. The second-order valence-corrected chi connectivity index (χ2v) is 6.40. The number of rotatable bonds is 0. The highest BCUT2D eigenvalue weighted by molar-refractivity contribution is 7.92. The van der Waals surface area contributed by atoms with E-state index in [1.54, 1.807) is 0 Å². The molecule has 0 bridgehead atoms. The Labute approximate surface area is 73.7 Å². The lowest BCUT2D eigenvalue weighted by molar-refractivity contribution is 0.148. The zero-order chi connectivity index (χ0) is 8.82. The first-order valence-corrected chi connectivity index (χ1v) is 6.23. The number of sulfone groups is 1. The molecule has 4 heteroatoms. The summed E-state index contributed by atoms with van der Waals surface area (Å²) in [4.78, 5) is 2.27. The maximum absolute atomic E-state index is 11.0. The fourth-order valence-corrected chi connectivity index (χ4v) is 4.63. The summed E-state index contributed by atoms with van der Waals surface area (Å²) in [6.45, 7) is 2.13. The molecule has 0 saturated carbocycles. The Morgan fingerprint density at radius 1 is 1.17 bits per heavy atom. The lowest BCUT2D eigenvalue weighted by Crippen LogP contribution is -2.53. The van der Waals surface area contributed by atoms with Gasteiger partial charge in [0.25, 0.3) is 0 Å². The molecule has 0 radical (unpaired) electrons. The van der Waals surface area contributed by atoms with E-state index in [2.05, 4.69) is 11.9 Å². The van der Waals surface area contributed by atoms with E-state index < -0.39 is 9.84 Å². The first kappa shape index (κ1) is 8.51. The smallest absolute Gasteiger partial charge is 0.151 e. The van der Waals surface area contributed by atoms with Crippen molar-refractivity contribution >= 4 is 9.84 Å². The van der Waals surface area contributed by atoms with Gasteiger partial charge in [-0.15, -0.1) is 0 Å². The van der Waals surface area contributed by atoms with Crippen molar-refractivity contribution in [3.63, 3.8) is 0 Å². The van der Waals surface area contributed by atoms with Crippen LogP contribution in [0.2, 0.25) is 0 Å². The number of nitrogens with zero attached hydrogens (tertiary/aromatic N) is 1. The van der Waals surface area contributed by atoms with Gasteiger partial charge in [0.15, 0.2) is 9.84 Å². The minimum atomic E-state index is -2.63. The second-order valence-electron chi connectivity index (χ2n) is 4.34. The van der Waals surface area contributed by atoms with Crippen molar-refractivity contribution in [3.8, 4) is 0 Å². The summed E-state index contributed by atoms with van der Waals surface area (Å²) in [6, 6.07) is 0. The molecule has 12 heavy (non-hydrogen) atoms. The van der Waals surface area contributed by atoms with Crippen LogP contribution in [0.3, 0.4) is 0 Å². The topological polar surface area (TPSA) is 37.4 Å². The molecule has 0 atom stereocenters. The molecule has 1 spiro atoms. The molecule has 2 aliphatic heterocycles. The van der Waals surface area contributed by atoms with Crippen molar-refractivity contribution in [2.45, 2.75) is 12.8 Å². The van der Waals surface area contributed by atoms with Crippen LogP contribution >= 0.6 is 0 Å². The van der Waals surface area contributed by atoms with Gasteiger partial charge in [-0.05, 0) is 33.0 Å². The molecule has 0 N–H and O–H groups in total. The predicted molar refractivity (Wildman–Crippen MR) is 47.8 cm³/mol. The normalized spacial score (nSPS) is 33.1. The van der Waals surface area contributed by atoms with Crippen LogP contribution in [0.25, 0.3) is 0 Å². The molecule has 2 saturated heterocycles. The van der Waals surface area contributed by atoms with Gasteiger partial charge in [-0.2, -0.15) is 0 Å². The lowest BCUT2D eigenvalue weighted by Gasteiger charge is -2.46. The molecule has 0 amide bonds. The zero-order valence-corrected chi connectivity index (χ0v) is 8.23. The number of likely N-dealkylation sites (tertiary alicyclic amines) is 1. The van der Waals surface area contributed by atoms with Crippen LogP contribution in [0.5, 0.6) is 0 Å². The first-order valence-electron chi connectivity index (χ1n) is 4.40. The standard InChI is InChI=1S/C8H15NO2S/c1-9-4-2-8(3-5-9)6-12(10,11)7-8/h2-7H2,1H3. The van der Waals surface area contributed by atoms with Crippen LogP contribution in [-0.4, -0.2) is 45.0 Å². The molecular weight excluding hydrogens is 174 g/mol. The average molecular weight is 189 g/mol. The fourth-order valence-electron chi connectivity index (χ4n) is 2.27. The van der Waals surface area contributed by atoms with E-state index in [9.17, 15) is 8.42 Å². The van der Waals surface area contributed by atoms with Crippen molar-refractivity contribution in [3.05, 3.63) is 0 Å². The third kappa shape index (κ3) is 1.38. The van der Waals surface area contributed by atoms with Crippen LogP contribution in [0, 0.1) is 5.41 Å². The van der Waals surface area contributed by atoms with Crippen LogP contribution in [0.4, 0.5) is 0 Å². The number of piperidine rings is 1. The van der Waals surface area contributed by atoms with E-state index in [-0.39, 0.29) is 5.41 Å². The Hall–Kier alpha value is -0.0900. The first-order chi connectivity index (χ1) is 5.52. The third-order valence-electron chi connectivity index (χ3n) is 3.10. The van der Waals surface area contributed by atoms with Crippen LogP contribution in [0.1, 0.15) is 12.8 Å². The van der Waals surface area contributed by atoms with Crippen molar-refractivity contribution in [2.24, 2.45) is 5.41 Å². The monoisotopic (exact) mass is 189 g/mol. The van der Waals surface area contributed by atoms with Gasteiger partial charge in [0.2, 0.25) is 0 Å². The SMILES string of the molecule is CN1CCC2(CC1)CS(=O)(=O)C2. The van der Waals surface area contributed by atoms with E-state index in [0.29, 0.717) is 11.5 Å². The van der Waals surface area contributed by atoms with Gasteiger partial charge in [-0.1, -0.05) is 0 Å². The lowest BCUT2D eigenvalue weighted by atomic mass is 9.81. The Kier molecular flexibility index (Phi) is 1.74. The number of hydrogen-bond donors (Lipinski definition) is 0. The molecule has 2 rings (SSSR count). The Bertz CT molecular complexity index is 261. The van der Waals surface area contributed by atoms with E-state index in [4.69, 9.17) is 0 Å². The minimum Gasteiger partial charge on any atom is -0.306 e. The van der Waals surface area contributed by atoms with Gasteiger partial charge in [0, 0.05) is 5.41 Å². The molecule has 2 fully saturated rings. The van der Waals surface area contributed by atoms with Gasteiger partial charge in [0.05, 0.1) is 11.5 Å². The zero-order valence-electron chi connectivity index (χ0n) is 7.41. The highest BCUT2D eigenvalue weighted by Crippen LogP contribution is 2.41. The average Bonchev–Trinajstić information content (AvgIpc) is 1.91. The summed E-state index contributed by atoms with van der Waals surface area (Å²) in [6.07, 6.45) is 2.14. The molecule has 0 aliphatic carbocycles. The van der Waals surface area contributed by atoms with Crippen molar-refractivity contribution < 1.29 is 8.42 Å². The van der Waals surface area contributed by atoms with Crippen LogP contribution < -0.4 is 0 Å². The molecule has 2 heterocycles. The van der Waals surface area contributed by atoms with Crippen LogP contribution in [0.15, 0.2) is 0 Å². The van der Waals surface area contributed by atoms with Gasteiger partial charge in [0.1, 0.15) is 0 Å². The maximum Gasteiger partial charge on any atom is 0.151 e. The Morgan fingerprint density at radius 3 is 2.08 bits per heavy atom. The summed E-state index contributed by atoms with van der Waals surface area (Å²) in [5.41, 5.74) is 0.186. The van der Waals surface area contributed by atoms with Gasteiger partial charge >= 0.3 is 0 Å². The fraction of sp³-hybridized carbons (Fsp3) is 1.00. The van der Waals surface area contributed by atoms with Crippen LogP contribution in [-0.2, 0) is 9.84 Å². The summed E-state index contributed by atoms with van der Waals surface area (Å²) in [5, 5.41) is 0. The van der Waals surface area contributed by atoms with E-state index in [1.165, 1.54) is 0 Å². The van der Waals surface area contributed by atoms with Crippen molar-refractivity contribution in [1.82, 2.24) is 4.90 Å². The van der Waals surface area contributed by atoms with E-state index >= 15 is 0 Å². The van der Waals surface area contributed by atoms with Gasteiger partial charge in [-0.25, -0.2) is 8.42 Å². The summed E-state index contributed by atoms with van der Waals surface area (Å²) >= 11 is 0. The summed E-state index contributed by atoms with van der Waals surface area (Å²) in [5.74, 6) is 0.904. The molecular formula is C8H15NO2S. The molecule has 2 aliphatic rings. The molecule has 0 aromatic rings. The van der Waals surface area contributed by atoms with Gasteiger partial charge < -0.3 is 4.90 Å². The predicted octanol–water partition coefficient (Wildman–Crippen LogP) is 0.127. The summed E-state index contributed by atoms with van der Waals surface area (Å²) < 4.78 is 22.1. The Balaban J connectivity index is 2.00. The quantitative estimate of drug-likeness (QED) is 0.543. The highest BCUT2D eigenvalue weighted by atomic mass is 32.2. The third-order valence-corrected chi connectivity index (χ3v) is 5.20. The Morgan fingerprint density at radius 2 is 1.67 bits per heavy atom. The molecule has 70 valence electrons. The molecule has 3 nitrogen and oxygen atoms in total. The largest absolute Gasteiger partial charge is 0.306 e. The second kappa shape index (κ2) is 2.45. The molecule has 0 aromatic carbocycles. The highest BCUT2D eigenvalue weighted by Gasteiger charge is 2.48. The summed E-state index contributed by atoms with van der Waals surface area (Å²) in [7, 11) is -0.528. The van der Waals surface area contributed by atoms with Gasteiger partial charge in [-0.3, -0.25) is 0 Å². The van der Waals surface area contributed by atoms with E-state index in [1.807, 2.05) is 0 Å². The molecule has 0 aromatic heterocycles. The van der Waals surface area contributed by atoms with Crippen molar-refractivity contribution in [1.29, 1.82) is 0 Å².